The van der Waals surface area contributed by atoms with E-state index >= 15 is 0 Å². The number of H-pyrrole nitrogens is 1. The fraction of sp³-hybridized carbons (Fsp3) is 0.364. The first-order valence-corrected chi connectivity index (χ1v) is 10.6. The van der Waals surface area contributed by atoms with Crippen molar-refractivity contribution in [2.45, 2.75) is 45.4 Å². The minimum absolute atomic E-state index is 0.0611. The Morgan fingerprint density at radius 1 is 1.32 bits per heavy atom. The number of para-hydroxylation sites is 1. The van der Waals surface area contributed by atoms with Crippen LogP contribution in [0.15, 0.2) is 30.5 Å². The van der Waals surface area contributed by atoms with E-state index in [1.54, 1.807) is 0 Å². The van der Waals surface area contributed by atoms with Gasteiger partial charge in [-0.3, -0.25) is 9.59 Å². The van der Waals surface area contributed by atoms with E-state index in [-0.39, 0.29) is 5.91 Å². The summed E-state index contributed by atoms with van der Waals surface area (Å²) in [5, 5.41) is 4.79. The smallest absolute Gasteiger partial charge is 0.251 e. The maximum absolute atomic E-state index is 12.5. The van der Waals surface area contributed by atoms with Crippen molar-refractivity contribution in [3.05, 3.63) is 52.0 Å². The van der Waals surface area contributed by atoms with Crippen molar-refractivity contribution >= 4 is 39.1 Å². The third-order valence-electron chi connectivity index (χ3n) is 5.54. The standard InChI is InChI=1S/C22H25N3O2S/c1-13-9-10-16-18(11-13)28-22(20(16)21(23)27)25-19(26)8-4-5-14-12-24-17-7-3-2-6-15(14)17/h2-3,6-7,12-13,24H,4-5,8-11H2,1H3,(H2,23,27)(H,25,26)/t13-/m1/s1. The Labute approximate surface area is 168 Å². The van der Waals surface area contributed by atoms with Crippen LogP contribution in [0.25, 0.3) is 10.9 Å². The number of nitrogens with one attached hydrogen (secondary N) is 2. The van der Waals surface area contributed by atoms with Gasteiger partial charge in [-0.05, 0) is 55.2 Å². The number of carbonyl (C=O) groups excluding carboxylic acids is 2. The number of benzene rings is 1. The molecule has 28 heavy (non-hydrogen) atoms. The third kappa shape index (κ3) is 3.69. The molecule has 2 aromatic heterocycles. The van der Waals surface area contributed by atoms with Crippen molar-refractivity contribution in [1.82, 2.24) is 4.98 Å². The van der Waals surface area contributed by atoms with Gasteiger partial charge in [-0.15, -0.1) is 11.3 Å². The number of fused-ring (bicyclic) bond motifs is 2. The molecule has 2 amide bonds. The summed E-state index contributed by atoms with van der Waals surface area (Å²) in [5.41, 5.74) is 9.54. The predicted molar refractivity (Wildman–Crippen MR) is 114 cm³/mol. The Kier molecular flexibility index (Phi) is 5.22. The molecule has 0 spiro atoms. The predicted octanol–water partition coefficient (Wildman–Crippen LogP) is 4.41. The number of aromatic nitrogens is 1. The molecule has 0 saturated carbocycles. The van der Waals surface area contributed by atoms with Crippen LogP contribution in [0, 0.1) is 5.92 Å². The second-order valence-corrected chi connectivity index (χ2v) is 8.79. The maximum atomic E-state index is 12.5. The van der Waals surface area contributed by atoms with E-state index in [0.717, 1.165) is 43.2 Å². The van der Waals surface area contributed by atoms with Crippen LogP contribution in [-0.2, 0) is 24.1 Å². The number of hydrogen-bond acceptors (Lipinski definition) is 3. The van der Waals surface area contributed by atoms with E-state index in [0.29, 0.717) is 22.9 Å². The number of anilines is 1. The molecule has 146 valence electrons. The Balaban J connectivity index is 1.40. The van der Waals surface area contributed by atoms with Crippen LogP contribution < -0.4 is 11.1 Å². The Morgan fingerprint density at radius 3 is 2.96 bits per heavy atom. The van der Waals surface area contributed by atoms with E-state index < -0.39 is 5.91 Å². The van der Waals surface area contributed by atoms with Crippen LogP contribution >= 0.6 is 11.3 Å². The van der Waals surface area contributed by atoms with E-state index in [9.17, 15) is 9.59 Å². The number of thiophene rings is 1. The molecule has 0 fully saturated rings. The van der Waals surface area contributed by atoms with Crippen molar-refractivity contribution in [2.24, 2.45) is 11.7 Å². The highest BCUT2D eigenvalue weighted by Gasteiger charge is 2.27. The summed E-state index contributed by atoms with van der Waals surface area (Å²) in [6.07, 6.45) is 6.89. The largest absolute Gasteiger partial charge is 0.365 e. The Bertz CT molecular complexity index is 1030. The van der Waals surface area contributed by atoms with E-state index in [1.165, 1.54) is 27.2 Å². The van der Waals surface area contributed by atoms with Crippen LogP contribution in [-0.4, -0.2) is 16.8 Å². The van der Waals surface area contributed by atoms with Gasteiger partial charge in [0.25, 0.3) is 5.91 Å². The van der Waals surface area contributed by atoms with Crippen molar-refractivity contribution in [3.8, 4) is 0 Å². The molecule has 4 N–H and O–H groups in total. The average molecular weight is 396 g/mol. The molecular formula is C22H25N3O2S. The zero-order valence-corrected chi connectivity index (χ0v) is 16.8. The molecular weight excluding hydrogens is 370 g/mol. The highest BCUT2D eigenvalue weighted by molar-refractivity contribution is 7.17. The summed E-state index contributed by atoms with van der Waals surface area (Å²) >= 11 is 1.52. The van der Waals surface area contributed by atoms with Crippen molar-refractivity contribution in [2.75, 3.05) is 5.32 Å². The van der Waals surface area contributed by atoms with Gasteiger partial charge < -0.3 is 16.0 Å². The van der Waals surface area contributed by atoms with Crippen molar-refractivity contribution < 1.29 is 9.59 Å². The summed E-state index contributed by atoms with van der Waals surface area (Å²) in [6.45, 7) is 2.22. The van der Waals surface area contributed by atoms with Gasteiger partial charge in [-0.1, -0.05) is 25.1 Å². The minimum Gasteiger partial charge on any atom is -0.365 e. The van der Waals surface area contributed by atoms with Crippen LogP contribution in [0.4, 0.5) is 5.00 Å². The van der Waals surface area contributed by atoms with Gasteiger partial charge in [0, 0.05) is 28.4 Å². The summed E-state index contributed by atoms with van der Waals surface area (Å²) < 4.78 is 0. The van der Waals surface area contributed by atoms with Gasteiger partial charge >= 0.3 is 0 Å². The average Bonchev–Trinajstić information content (AvgIpc) is 3.22. The lowest BCUT2D eigenvalue weighted by Crippen LogP contribution is -2.19. The number of carbonyl (C=O) groups is 2. The number of amides is 2. The number of primary amides is 1. The fourth-order valence-electron chi connectivity index (χ4n) is 4.07. The van der Waals surface area contributed by atoms with Crippen molar-refractivity contribution in [1.29, 1.82) is 0 Å². The Morgan fingerprint density at radius 2 is 2.14 bits per heavy atom. The molecule has 3 aromatic rings. The zero-order valence-electron chi connectivity index (χ0n) is 16.0. The Hall–Kier alpha value is -2.60. The lowest BCUT2D eigenvalue weighted by atomic mass is 9.88. The number of hydrogen-bond donors (Lipinski definition) is 3. The molecule has 1 atom stereocenters. The molecule has 4 rings (SSSR count). The lowest BCUT2D eigenvalue weighted by Gasteiger charge is -2.18. The van der Waals surface area contributed by atoms with Gasteiger partial charge in [0.1, 0.15) is 5.00 Å². The molecule has 5 nitrogen and oxygen atoms in total. The molecule has 2 heterocycles. The van der Waals surface area contributed by atoms with Crippen LogP contribution in [0.3, 0.4) is 0 Å². The monoisotopic (exact) mass is 395 g/mol. The molecule has 1 aliphatic rings. The first kappa shape index (κ1) is 18.7. The SMILES string of the molecule is C[C@@H]1CCc2c(sc(NC(=O)CCCc3c[nH]c4ccccc34)c2C(N)=O)C1. The number of rotatable bonds is 6. The second-order valence-electron chi connectivity index (χ2n) is 7.68. The molecule has 0 bridgehead atoms. The van der Waals surface area contributed by atoms with Gasteiger partial charge in [0.2, 0.25) is 5.91 Å². The first-order chi connectivity index (χ1) is 13.5. The van der Waals surface area contributed by atoms with E-state index in [2.05, 4.69) is 29.4 Å². The van der Waals surface area contributed by atoms with Gasteiger partial charge in [-0.2, -0.15) is 0 Å². The van der Waals surface area contributed by atoms with E-state index in [1.807, 2.05) is 18.3 Å². The maximum Gasteiger partial charge on any atom is 0.251 e. The molecule has 0 radical (unpaired) electrons. The summed E-state index contributed by atoms with van der Waals surface area (Å²) in [6, 6.07) is 8.18. The number of aryl methyl sites for hydroxylation is 1. The topological polar surface area (TPSA) is 88.0 Å². The lowest BCUT2D eigenvalue weighted by molar-refractivity contribution is -0.116. The summed E-state index contributed by atoms with van der Waals surface area (Å²) in [4.78, 5) is 28.9. The molecule has 0 unspecified atom stereocenters. The normalized spacial score (nSPS) is 16.1. The molecule has 6 heteroatoms. The highest BCUT2D eigenvalue weighted by atomic mass is 32.1. The number of nitrogens with two attached hydrogens (primary N) is 1. The van der Waals surface area contributed by atoms with E-state index in [4.69, 9.17) is 5.73 Å². The molecule has 0 saturated heterocycles. The summed E-state index contributed by atoms with van der Waals surface area (Å²) in [5.74, 6) is 0.0988. The van der Waals surface area contributed by atoms with Gasteiger partial charge in [-0.25, -0.2) is 0 Å². The van der Waals surface area contributed by atoms with Crippen LogP contribution in [0.2, 0.25) is 0 Å². The van der Waals surface area contributed by atoms with Gasteiger partial charge in [0.05, 0.1) is 5.56 Å². The van der Waals surface area contributed by atoms with Gasteiger partial charge in [0.15, 0.2) is 0 Å². The quantitative estimate of drug-likeness (QED) is 0.577. The third-order valence-corrected chi connectivity index (χ3v) is 6.71. The minimum atomic E-state index is -0.443. The summed E-state index contributed by atoms with van der Waals surface area (Å²) in [7, 11) is 0. The first-order valence-electron chi connectivity index (χ1n) is 9.82. The van der Waals surface area contributed by atoms with Crippen LogP contribution in [0.5, 0.6) is 0 Å². The van der Waals surface area contributed by atoms with Crippen molar-refractivity contribution in [3.63, 3.8) is 0 Å². The molecule has 1 aromatic carbocycles. The number of aromatic amines is 1. The molecule has 0 aliphatic heterocycles. The van der Waals surface area contributed by atoms with Crippen LogP contribution in [0.1, 0.15) is 52.5 Å². The zero-order chi connectivity index (χ0) is 19.7. The molecule has 1 aliphatic carbocycles. The highest BCUT2D eigenvalue weighted by Crippen LogP contribution is 2.39. The fourth-order valence-corrected chi connectivity index (χ4v) is 5.50. The second kappa shape index (κ2) is 7.80.